The van der Waals surface area contributed by atoms with Gasteiger partial charge in [-0.2, -0.15) is 5.10 Å². The van der Waals surface area contributed by atoms with E-state index in [1.165, 1.54) is 25.7 Å². The van der Waals surface area contributed by atoms with Gasteiger partial charge in [-0.15, -0.1) is 0 Å². The zero-order chi connectivity index (χ0) is 13.7. The lowest BCUT2D eigenvalue weighted by molar-refractivity contribution is -0.178. The van der Waals surface area contributed by atoms with Crippen LogP contribution in [0, 0.1) is 11.3 Å². The van der Waals surface area contributed by atoms with Gasteiger partial charge in [0.2, 0.25) is 0 Å². The van der Waals surface area contributed by atoms with Crippen molar-refractivity contribution in [1.82, 2.24) is 15.1 Å². The molecule has 1 aromatic heterocycles. The average molecular weight is 340 g/mol. The summed E-state index contributed by atoms with van der Waals surface area (Å²) in [5.74, 6) is 0.752. The van der Waals surface area contributed by atoms with Gasteiger partial charge >= 0.3 is 0 Å². The third-order valence-electron chi connectivity index (χ3n) is 5.56. The maximum Gasteiger partial charge on any atom is 0.0690 e. The van der Waals surface area contributed by atoms with Crippen molar-refractivity contribution < 1.29 is 4.74 Å². The first-order valence-electron chi connectivity index (χ1n) is 7.75. The van der Waals surface area contributed by atoms with Crippen LogP contribution in [0.1, 0.15) is 32.6 Å². The predicted molar refractivity (Wildman–Crippen MR) is 80.4 cm³/mol. The summed E-state index contributed by atoms with van der Waals surface area (Å²) in [7, 11) is 0. The predicted octanol–water partition coefficient (Wildman–Crippen LogP) is 2.58. The number of aromatic nitrogens is 2. The summed E-state index contributed by atoms with van der Waals surface area (Å²) in [6, 6.07) is 1.11. The van der Waals surface area contributed by atoms with Gasteiger partial charge in [0.25, 0.3) is 0 Å². The standard InChI is InChI=1S/C15H22BrN3O/c1-10(8-19-9-11(16)7-17-19)18-13-12-3-6-20-14(12)15(13)4-2-5-15/h7,9-10,12-14,18H,2-6,8H2,1H3/t10-,12+,13-,14+/m1/s1. The second-order valence-electron chi connectivity index (χ2n) is 6.76. The van der Waals surface area contributed by atoms with Gasteiger partial charge in [-0.1, -0.05) is 6.42 Å². The van der Waals surface area contributed by atoms with E-state index < -0.39 is 0 Å². The summed E-state index contributed by atoms with van der Waals surface area (Å²) < 4.78 is 9.04. The smallest absolute Gasteiger partial charge is 0.0690 e. The van der Waals surface area contributed by atoms with Gasteiger partial charge in [-0.05, 0) is 42.1 Å². The SMILES string of the molecule is C[C@H](Cn1cc(Br)cn1)N[C@@H]1[C@@H]2CCO[C@@H]2C12CCC2. The van der Waals surface area contributed by atoms with E-state index in [1.54, 1.807) is 0 Å². The van der Waals surface area contributed by atoms with Gasteiger partial charge in [0.1, 0.15) is 0 Å². The van der Waals surface area contributed by atoms with E-state index in [0.717, 1.165) is 23.5 Å². The maximum atomic E-state index is 5.98. The molecule has 0 unspecified atom stereocenters. The molecule has 0 bridgehead atoms. The lowest BCUT2D eigenvalue weighted by Gasteiger charge is -2.64. The van der Waals surface area contributed by atoms with Crippen LogP contribution in [-0.2, 0) is 11.3 Å². The fourth-order valence-electron chi connectivity index (χ4n) is 4.57. The first kappa shape index (κ1) is 13.3. The van der Waals surface area contributed by atoms with E-state index in [-0.39, 0.29) is 0 Å². The van der Waals surface area contributed by atoms with Gasteiger partial charge in [0.05, 0.1) is 23.3 Å². The molecule has 4 rings (SSSR count). The molecule has 4 atom stereocenters. The monoisotopic (exact) mass is 339 g/mol. The van der Waals surface area contributed by atoms with Gasteiger partial charge < -0.3 is 10.1 Å². The van der Waals surface area contributed by atoms with E-state index >= 15 is 0 Å². The summed E-state index contributed by atoms with van der Waals surface area (Å²) >= 11 is 3.45. The molecule has 1 N–H and O–H groups in total. The van der Waals surface area contributed by atoms with E-state index in [1.807, 2.05) is 17.1 Å². The number of ether oxygens (including phenoxy) is 1. The second kappa shape index (κ2) is 4.82. The number of hydrogen-bond donors (Lipinski definition) is 1. The molecule has 2 saturated carbocycles. The molecule has 1 saturated heterocycles. The Labute approximate surface area is 128 Å². The molecule has 0 amide bonds. The lowest BCUT2D eigenvalue weighted by atomic mass is 9.46. The largest absolute Gasteiger partial charge is 0.377 e. The van der Waals surface area contributed by atoms with Crippen LogP contribution in [0.5, 0.6) is 0 Å². The molecule has 110 valence electrons. The van der Waals surface area contributed by atoms with Crippen LogP contribution in [0.25, 0.3) is 0 Å². The average Bonchev–Trinajstić information content (AvgIpc) is 2.92. The van der Waals surface area contributed by atoms with Crippen LogP contribution in [-0.4, -0.2) is 34.6 Å². The van der Waals surface area contributed by atoms with E-state index in [0.29, 0.717) is 23.6 Å². The molecule has 3 aliphatic rings. The summed E-state index contributed by atoms with van der Waals surface area (Å²) in [5, 5.41) is 8.23. The molecule has 1 spiro atoms. The minimum absolute atomic E-state index is 0.450. The molecule has 1 aromatic rings. The van der Waals surface area contributed by atoms with Gasteiger partial charge in [-0.3, -0.25) is 4.68 Å². The number of nitrogens with one attached hydrogen (secondary N) is 1. The normalized spacial score (nSPS) is 35.4. The van der Waals surface area contributed by atoms with Gasteiger partial charge in [0, 0.05) is 36.2 Å². The molecule has 0 radical (unpaired) electrons. The van der Waals surface area contributed by atoms with Crippen molar-refractivity contribution in [2.24, 2.45) is 11.3 Å². The maximum absolute atomic E-state index is 5.98. The van der Waals surface area contributed by atoms with Crippen LogP contribution in [0.4, 0.5) is 0 Å². The molecule has 20 heavy (non-hydrogen) atoms. The molecule has 2 aliphatic carbocycles. The summed E-state index contributed by atoms with van der Waals surface area (Å²) in [4.78, 5) is 0. The highest BCUT2D eigenvalue weighted by Crippen LogP contribution is 2.62. The number of halogens is 1. The van der Waals surface area contributed by atoms with Crippen molar-refractivity contribution >= 4 is 15.9 Å². The van der Waals surface area contributed by atoms with Crippen molar-refractivity contribution in [3.63, 3.8) is 0 Å². The molecular weight excluding hydrogens is 318 g/mol. The Morgan fingerprint density at radius 1 is 1.60 bits per heavy atom. The first-order valence-corrected chi connectivity index (χ1v) is 8.54. The quantitative estimate of drug-likeness (QED) is 0.916. The highest BCUT2D eigenvalue weighted by atomic mass is 79.9. The topological polar surface area (TPSA) is 39.1 Å². The molecular formula is C15H22BrN3O. The molecule has 4 nitrogen and oxygen atoms in total. The highest BCUT2D eigenvalue weighted by Gasteiger charge is 2.66. The van der Waals surface area contributed by atoms with Crippen molar-refractivity contribution in [1.29, 1.82) is 0 Å². The third kappa shape index (κ3) is 1.90. The minimum atomic E-state index is 0.450. The van der Waals surface area contributed by atoms with E-state index in [2.05, 4.69) is 33.3 Å². The van der Waals surface area contributed by atoms with Crippen LogP contribution < -0.4 is 5.32 Å². The van der Waals surface area contributed by atoms with E-state index in [4.69, 9.17) is 4.74 Å². The highest BCUT2D eigenvalue weighted by molar-refractivity contribution is 9.10. The number of fused-ring (bicyclic) bond motifs is 2. The first-order chi connectivity index (χ1) is 9.69. The van der Waals surface area contributed by atoms with Crippen LogP contribution in [0.3, 0.4) is 0 Å². The van der Waals surface area contributed by atoms with Crippen LogP contribution in [0.15, 0.2) is 16.9 Å². The molecule has 3 fully saturated rings. The Morgan fingerprint density at radius 3 is 3.10 bits per heavy atom. The second-order valence-corrected chi connectivity index (χ2v) is 7.67. The van der Waals surface area contributed by atoms with Crippen LogP contribution in [0.2, 0.25) is 0 Å². The van der Waals surface area contributed by atoms with Crippen LogP contribution >= 0.6 is 15.9 Å². The Bertz CT molecular complexity index is 499. The van der Waals surface area contributed by atoms with Crippen molar-refractivity contribution in [2.75, 3.05) is 6.61 Å². The zero-order valence-corrected chi connectivity index (χ0v) is 13.5. The van der Waals surface area contributed by atoms with Gasteiger partial charge in [-0.25, -0.2) is 0 Å². The Kier molecular flexibility index (Phi) is 3.20. The fourth-order valence-corrected chi connectivity index (χ4v) is 4.90. The van der Waals surface area contributed by atoms with Crippen molar-refractivity contribution in [2.45, 2.75) is 57.3 Å². The zero-order valence-electron chi connectivity index (χ0n) is 11.9. The fraction of sp³-hybridized carbons (Fsp3) is 0.800. The summed E-state index contributed by atoms with van der Waals surface area (Å²) in [6.45, 7) is 4.16. The Balaban J connectivity index is 1.40. The third-order valence-corrected chi connectivity index (χ3v) is 5.97. The molecule has 2 heterocycles. The van der Waals surface area contributed by atoms with Gasteiger partial charge in [0.15, 0.2) is 0 Å². The minimum Gasteiger partial charge on any atom is -0.377 e. The number of nitrogens with zero attached hydrogens (tertiary/aromatic N) is 2. The lowest BCUT2D eigenvalue weighted by Crippen LogP contribution is -2.72. The van der Waals surface area contributed by atoms with Crippen molar-refractivity contribution in [3.8, 4) is 0 Å². The van der Waals surface area contributed by atoms with E-state index in [9.17, 15) is 0 Å². The number of hydrogen-bond acceptors (Lipinski definition) is 3. The number of rotatable bonds is 4. The Morgan fingerprint density at radius 2 is 2.45 bits per heavy atom. The summed E-state index contributed by atoms with van der Waals surface area (Å²) in [5.41, 5.74) is 0.472. The summed E-state index contributed by atoms with van der Waals surface area (Å²) in [6.07, 6.45) is 9.77. The van der Waals surface area contributed by atoms with Crippen molar-refractivity contribution in [3.05, 3.63) is 16.9 Å². The molecule has 1 aliphatic heterocycles. The molecule has 5 heteroatoms. The molecule has 0 aromatic carbocycles. The Hall–Kier alpha value is -0.390.